The summed E-state index contributed by atoms with van der Waals surface area (Å²) >= 11 is 0. The van der Waals surface area contributed by atoms with Gasteiger partial charge in [0.2, 0.25) is 0 Å². The molecular weight excluding hydrogens is 256 g/mol. The highest BCUT2D eigenvalue weighted by Gasteiger charge is 2.09. The second-order valence-corrected chi connectivity index (χ2v) is 4.15. The van der Waals surface area contributed by atoms with Crippen LogP contribution in [0, 0.1) is 0 Å². The van der Waals surface area contributed by atoms with Crippen molar-refractivity contribution in [1.29, 1.82) is 0 Å². The van der Waals surface area contributed by atoms with Crippen LogP contribution in [-0.2, 0) is 0 Å². The van der Waals surface area contributed by atoms with Gasteiger partial charge in [-0.15, -0.1) is 0 Å². The van der Waals surface area contributed by atoms with Gasteiger partial charge in [-0.2, -0.15) is 0 Å². The predicted molar refractivity (Wildman–Crippen MR) is 78.2 cm³/mol. The van der Waals surface area contributed by atoms with Gasteiger partial charge in [-0.05, 0) is 12.1 Å². The van der Waals surface area contributed by atoms with Crippen LogP contribution >= 0.6 is 0 Å². The number of hydrogen-bond donors (Lipinski definition) is 2. The third kappa shape index (κ3) is 2.85. The van der Waals surface area contributed by atoms with Crippen LogP contribution in [0.1, 0.15) is 11.1 Å². The van der Waals surface area contributed by atoms with Crippen molar-refractivity contribution >= 4 is 12.2 Å². The summed E-state index contributed by atoms with van der Waals surface area (Å²) in [5.41, 5.74) is 1.18. The number of phenols is 2. The van der Waals surface area contributed by atoms with Gasteiger partial charge in [-0.25, -0.2) is 0 Å². The lowest BCUT2D eigenvalue weighted by atomic mass is 10.1. The van der Waals surface area contributed by atoms with Crippen molar-refractivity contribution < 1.29 is 19.7 Å². The molecule has 0 fully saturated rings. The molecule has 0 bridgehead atoms. The van der Waals surface area contributed by atoms with E-state index in [0.29, 0.717) is 22.6 Å². The summed E-state index contributed by atoms with van der Waals surface area (Å²) in [5, 5.41) is 19.7. The Morgan fingerprint density at radius 2 is 1.65 bits per heavy atom. The Bertz CT molecular complexity index is 632. The van der Waals surface area contributed by atoms with E-state index in [1.54, 1.807) is 36.4 Å². The lowest BCUT2D eigenvalue weighted by molar-refractivity contribution is 0.384. The lowest BCUT2D eigenvalue weighted by Crippen LogP contribution is -1.90. The summed E-state index contributed by atoms with van der Waals surface area (Å²) in [5.74, 6) is 1.23. The van der Waals surface area contributed by atoms with E-state index >= 15 is 0 Å². The Morgan fingerprint density at radius 3 is 2.30 bits per heavy atom. The molecule has 2 aromatic rings. The van der Waals surface area contributed by atoms with E-state index in [1.165, 1.54) is 20.3 Å². The fourth-order valence-corrected chi connectivity index (χ4v) is 1.84. The second kappa shape index (κ2) is 6.02. The zero-order valence-electron chi connectivity index (χ0n) is 11.3. The average molecular weight is 272 g/mol. The van der Waals surface area contributed by atoms with Crippen LogP contribution in [0.5, 0.6) is 23.0 Å². The Labute approximate surface area is 117 Å². The van der Waals surface area contributed by atoms with Crippen molar-refractivity contribution in [3.63, 3.8) is 0 Å². The monoisotopic (exact) mass is 272 g/mol. The summed E-state index contributed by atoms with van der Waals surface area (Å²) < 4.78 is 10.3. The Morgan fingerprint density at radius 1 is 0.900 bits per heavy atom. The molecule has 0 aromatic heterocycles. The van der Waals surface area contributed by atoms with Crippen molar-refractivity contribution in [2.24, 2.45) is 0 Å². The fraction of sp³-hybridized carbons (Fsp3) is 0.125. The minimum Gasteiger partial charge on any atom is -0.507 e. The molecule has 0 aliphatic rings. The predicted octanol–water partition coefficient (Wildman–Crippen LogP) is 3.29. The van der Waals surface area contributed by atoms with Gasteiger partial charge < -0.3 is 19.7 Å². The first kappa shape index (κ1) is 13.8. The van der Waals surface area contributed by atoms with Crippen molar-refractivity contribution in [3.05, 3.63) is 47.5 Å². The maximum Gasteiger partial charge on any atom is 0.133 e. The number of phenolic OH excluding ortho intramolecular Hbond substituents is 2. The van der Waals surface area contributed by atoms with Crippen LogP contribution in [0.2, 0.25) is 0 Å². The molecule has 104 valence electrons. The molecule has 0 radical (unpaired) electrons. The summed E-state index contributed by atoms with van der Waals surface area (Å²) in [6.07, 6.45) is 3.39. The molecule has 4 heteroatoms. The summed E-state index contributed by atoms with van der Waals surface area (Å²) in [6.45, 7) is 0. The molecule has 0 spiro atoms. The van der Waals surface area contributed by atoms with E-state index in [4.69, 9.17) is 9.47 Å². The maximum absolute atomic E-state index is 10.0. The molecular formula is C16H16O4. The molecule has 20 heavy (non-hydrogen) atoms. The van der Waals surface area contributed by atoms with E-state index in [-0.39, 0.29) is 11.5 Å². The van der Waals surface area contributed by atoms with Gasteiger partial charge in [-0.1, -0.05) is 24.3 Å². The summed E-state index contributed by atoms with van der Waals surface area (Å²) in [6, 6.07) is 10.1. The fourth-order valence-electron chi connectivity index (χ4n) is 1.84. The van der Waals surface area contributed by atoms with Crippen molar-refractivity contribution in [1.82, 2.24) is 0 Å². The molecule has 0 aliphatic carbocycles. The van der Waals surface area contributed by atoms with Gasteiger partial charge in [0, 0.05) is 17.7 Å². The first-order valence-electron chi connectivity index (χ1n) is 6.06. The number of methoxy groups -OCH3 is 2. The third-order valence-corrected chi connectivity index (χ3v) is 2.92. The first-order valence-corrected chi connectivity index (χ1v) is 6.06. The van der Waals surface area contributed by atoms with Gasteiger partial charge in [0.15, 0.2) is 0 Å². The highest BCUT2D eigenvalue weighted by atomic mass is 16.5. The molecule has 0 saturated carbocycles. The van der Waals surface area contributed by atoms with Gasteiger partial charge >= 0.3 is 0 Å². The smallest absolute Gasteiger partial charge is 0.133 e. The number of rotatable bonds is 4. The number of para-hydroxylation sites is 1. The van der Waals surface area contributed by atoms with Crippen molar-refractivity contribution in [2.75, 3.05) is 14.2 Å². The van der Waals surface area contributed by atoms with E-state index in [9.17, 15) is 10.2 Å². The topological polar surface area (TPSA) is 58.9 Å². The van der Waals surface area contributed by atoms with Crippen LogP contribution in [0.15, 0.2) is 36.4 Å². The summed E-state index contributed by atoms with van der Waals surface area (Å²) in [7, 11) is 3.04. The zero-order valence-corrected chi connectivity index (χ0v) is 11.3. The molecule has 4 nitrogen and oxygen atoms in total. The molecule has 0 heterocycles. The van der Waals surface area contributed by atoms with Crippen LogP contribution < -0.4 is 9.47 Å². The Balaban J connectivity index is 2.41. The van der Waals surface area contributed by atoms with Crippen LogP contribution in [0.25, 0.3) is 12.2 Å². The Kier molecular flexibility index (Phi) is 4.15. The average Bonchev–Trinajstić information content (AvgIpc) is 2.46. The van der Waals surface area contributed by atoms with Gasteiger partial charge in [0.1, 0.15) is 23.0 Å². The van der Waals surface area contributed by atoms with Crippen molar-refractivity contribution in [2.45, 2.75) is 0 Å². The van der Waals surface area contributed by atoms with Crippen LogP contribution in [0.3, 0.4) is 0 Å². The molecule has 0 saturated heterocycles. The van der Waals surface area contributed by atoms with Gasteiger partial charge in [0.05, 0.1) is 19.8 Å². The molecule has 0 amide bonds. The number of benzene rings is 2. The SMILES string of the molecule is COc1cc(O)c(/C=C/c2ccccc2O)c(OC)c1. The maximum atomic E-state index is 10.0. The van der Waals surface area contributed by atoms with Gasteiger partial charge in [-0.3, -0.25) is 0 Å². The Hall–Kier alpha value is -2.62. The van der Waals surface area contributed by atoms with E-state index < -0.39 is 0 Å². The molecule has 2 N–H and O–H groups in total. The molecule has 0 aliphatic heterocycles. The largest absolute Gasteiger partial charge is 0.507 e. The minimum absolute atomic E-state index is 0.0490. The lowest BCUT2D eigenvalue weighted by Gasteiger charge is -2.09. The zero-order chi connectivity index (χ0) is 14.5. The van der Waals surface area contributed by atoms with Gasteiger partial charge in [0.25, 0.3) is 0 Å². The molecule has 2 rings (SSSR count). The number of aromatic hydroxyl groups is 2. The normalized spacial score (nSPS) is 10.7. The minimum atomic E-state index is 0.0490. The highest BCUT2D eigenvalue weighted by molar-refractivity contribution is 5.78. The first-order chi connectivity index (χ1) is 9.65. The molecule has 2 aromatic carbocycles. The number of ether oxygens (including phenoxy) is 2. The van der Waals surface area contributed by atoms with Crippen LogP contribution in [0.4, 0.5) is 0 Å². The standard InChI is InChI=1S/C16H16O4/c1-19-12-9-15(18)13(16(10-12)20-2)8-7-11-5-3-4-6-14(11)17/h3-10,17-18H,1-2H3/b8-7+. The summed E-state index contributed by atoms with van der Waals surface area (Å²) in [4.78, 5) is 0. The second-order valence-electron chi connectivity index (χ2n) is 4.15. The quantitative estimate of drug-likeness (QED) is 0.838. The van der Waals surface area contributed by atoms with E-state index in [2.05, 4.69) is 0 Å². The molecule has 0 atom stereocenters. The van der Waals surface area contributed by atoms with Crippen LogP contribution in [-0.4, -0.2) is 24.4 Å². The van der Waals surface area contributed by atoms with Crippen molar-refractivity contribution in [3.8, 4) is 23.0 Å². The molecule has 0 unspecified atom stereocenters. The number of hydrogen-bond acceptors (Lipinski definition) is 4. The van der Waals surface area contributed by atoms with E-state index in [0.717, 1.165) is 0 Å². The van der Waals surface area contributed by atoms with E-state index in [1.807, 2.05) is 6.07 Å². The highest BCUT2D eigenvalue weighted by Crippen LogP contribution is 2.35. The third-order valence-electron chi connectivity index (χ3n) is 2.92.